The summed E-state index contributed by atoms with van der Waals surface area (Å²) in [5.74, 6) is 0. The van der Waals surface area contributed by atoms with Gasteiger partial charge in [-0.25, -0.2) is 8.42 Å². The second-order valence-electron chi connectivity index (χ2n) is 4.20. The molecule has 0 saturated heterocycles. The van der Waals surface area contributed by atoms with Gasteiger partial charge in [-0.1, -0.05) is 22.0 Å². The van der Waals surface area contributed by atoms with Gasteiger partial charge in [0.15, 0.2) is 0 Å². The molecule has 0 radical (unpaired) electrons. The number of nitrogens with two attached hydrogens (primary N) is 1. The van der Waals surface area contributed by atoms with Crippen LogP contribution in [0.4, 0.5) is 11.4 Å². The molecule has 0 atom stereocenters. The van der Waals surface area contributed by atoms with Crippen molar-refractivity contribution >= 4 is 53.3 Å². The molecule has 0 amide bonds. The number of hydrogen-bond donors (Lipinski definition) is 2. The largest absolute Gasteiger partial charge is 0.398 e. The van der Waals surface area contributed by atoms with Gasteiger partial charge in [-0.3, -0.25) is 4.72 Å². The van der Waals surface area contributed by atoms with E-state index in [9.17, 15) is 8.42 Å². The van der Waals surface area contributed by atoms with Crippen LogP contribution in [0.15, 0.2) is 50.2 Å². The highest BCUT2D eigenvalue weighted by Crippen LogP contribution is 2.29. The van der Waals surface area contributed by atoms with Gasteiger partial charge in [0.2, 0.25) is 0 Å². The van der Waals surface area contributed by atoms with E-state index in [1.807, 2.05) is 0 Å². The van der Waals surface area contributed by atoms with E-state index < -0.39 is 10.0 Å². The minimum absolute atomic E-state index is 0.169. The third-order valence-corrected chi connectivity index (χ3v) is 5.64. The molecule has 2 aromatic rings. The number of halogens is 2. The maximum Gasteiger partial charge on any atom is 0.263 e. The Labute approximate surface area is 134 Å². The summed E-state index contributed by atoms with van der Waals surface area (Å²) in [7, 11) is -3.67. The summed E-state index contributed by atoms with van der Waals surface area (Å²) >= 11 is 6.54. The number of benzene rings is 2. The lowest BCUT2D eigenvalue weighted by molar-refractivity contribution is 0.600. The number of hydrogen-bond acceptors (Lipinski definition) is 3. The molecule has 0 aliphatic rings. The molecule has 20 heavy (non-hydrogen) atoms. The summed E-state index contributed by atoms with van der Waals surface area (Å²) in [5.41, 5.74) is 7.49. The molecule has 0 aliphatic heterocycles. The highest BCUT2D eigenvalue weighted by Gasteiger charge is 2.19. The maximum absolute atomic E-state index is 12.4. The summed E-state index contributed by atoms with van der Waals surface area (Å²) in [4.78, 5) is 0.169. The molecular formula is C13H12Br2N2O2S. The first-order valence-electron chi connectivity index (χ1n) is 5.64. The Morgan fingerprint density at radius 1 is 1.15 bits per heavy atom. The van der Waals surface area contributed by atoms with Crippen LogP contribution in [0.5, 0.6) is 0 Å². The van der Waals surface area contributed by atoms with E-state index in [2.05, 4.69) is 36.6 Å². The Bertz CT molecular complexity index is 761. The van der Waals surface area contributed by atoms with E-state index >= 15 is 0 Å². The molecule has 4 nitrogen and oxygen atoms in total. The molecule has 0 aromatic heterocycles. The molecule has 0 fully saturated rings. The number of anilines is 2. The summed E-state index contributed by atoms with van der Waals surface area (Å²) in [5, 5.41) is 0. The normalized spacial score (nSPS) is 11.3. The lowest BCUT2D eigenvalue weighted by atomic mass is 10.2. The van der Waals surface area contributed by atoms with Crippen LogP contribution in [0.3, 0.4) is 0 Å². The van der Waals surface area contributed by atoms with E-state index in [1.54, 1.807) is 37.3 Å². The smallest absolute Gasteiger partial charge is 0.263 e. The van der Waals surface area contributed by atoms with Gasteiger partial charge in [0.1, 0.15) is 4.90 Å². The Morgan fingerprint density at radius 2 is 1.85 bits per heavy atom. The van der Waals surface area contributed by atoms with Gasteiger partial charge in [0.05, 0.1) is 5.69 Å². The summed E-state index contributed by atoms with van der Waals surface area (Å²) in [6.45, 7) is 1.77. The van der Waals surface area contributed by atoms with Crippen LogP contribution >= 0.6 is 31.9 Å². The van der Waals surface area contributed by atoms with Crippen molar-refractivity contribution in [3.8, 4) is 0 Å². The predicted molar refractivity (Wildman–Crippen MR) is 88.2 cm³/mol. The topological polar surface area (TPSA) is 72.2 Å². The molecule has 0 bridgehead atoms. The molecule has 2 aromatic carbocycles. The van der Waals surface area contributed by atoms with Crippen LogP contribution in [0.25, 0.3) is 0 Å². The van der Waals surface area contributed by atoms with Gasteiger partial charge in [0.25, 0.3) is 10.0 Å². The number of nitrogens with one attached hydrogen (secondary N) is 1. The van der Waals surface area contributed by atoms with Crippen LogP contribution in [0.2, 0.25) is 0 Å². The molecular weight excluding hydrogens is 408 g/mol. The van der Waals surface area contributed by atoms with Gasteiger partial charge in [-0.15, -0.1) is 0 Å². The molecule has 0 heterocycles. The predicted octanol–water partition coefficient (Wildman–Crippen LogP) is 3.90. The summed E-state index contributed by atoms with van der Waals surface area (Å²) in [6, 6.07) is 9.99. The number of rotatable bonds is 3. The maximum atomic E-state index is 12.4. The minimum Gasteiger partial charge on any atom is -0.398 e. The van der Waals surface area contributed by atoms with Crippen molar-refractivity contribution in [2.75, 3.05) is 10.5 Å². The third kappa shape index (κ3) is 3.16. The first-order chi connectivity index (χ1) is 9.31. The summed E-state index contributed by atoms with van der Waals surface area (Å²) < 4.78 is 28.6. The molecule has 2 rings (SSSR count). The Balaban J connectivity index is 2.44. The van der Waals surface area contributed by atoms with E-state index in [1.165, 1.54) is 6.07 Å². The van der Waals surface area contributed by atoms with Crippen molar-refractivity contribution in [1.82, 2.24) is 0 Å². The average Bonchev–Trinajstić information content (AvgIpc) is 2.34. The molecule has 0 saturated carbocycles. The highest BCUT2D eigenvalue weighted by molar-refractivity contribution is 9.11. The zero-order chi connectivity index (χ0) is 14.9. The van der Waals surface area contributed by atoms with Crippen molar-refractivity contribution in [2.45, 2.75) is 11.8 Å². The van der Waals surface area contributed by atoms with Gasteiger partial charge in [-0.05, 0) is 58.7 Å². The second-order valence-corrected chi connectivity index (χ2v) is 7.62. The van der Waals surface area contributed by atoms with Gasteiger partial charge in [-0.2, -0.15) is 0 Å². The van der Waals surface area contributed by atoms with Crippen LogP contribution < -0.4 is 10.5 Å². The molecule has 0 unspecified atom stereocenters. The average molecular weight is 420 g/mol. The quantitative estimate of drug-likeness (QED) is 0.741. The van der Waals surface area contributed by atoms with Crippen molar-refractivity contribution in [3.05, 3.63) is 50.9 Å². The standard InChI is InChI=1S/C13H12Br2N2O2S/c1-8-11(16)3-2-4-12(8)17-20(18,19)13-6-5-9(14)7-10(13)15/h2-7,17H,16H2,1H3. The fourth-order valence-corrected chi connectivity index (χ4v) is 4.53. The molecule has 7 heteroatoms. The zero-order valence-corrected chi connectivity index (χ0v) is 14.5. The van der Waals surface area contributed by atoms with Gasteiger partial charge >= 0.3 is 0 Å². The van der Waals surface area contributed by atoms with Crippen LogP contribution in [-0.4, -0.2) is 8.42 Å². The highest BCUT2D eigenvalue weighted by atomic mass is 79.9. The van der Waals surface area contributed by atoms with E-state index in [0.717, 1.165) is 4.47 Å². The Morgan fingerprint density at radius 3 is 2.50 bits per heavy atom. The fourth-order valence-electron chi connectivity index (χ4n) is 1.66. The van der Waals surface area contributed by atoms with Crippen molar-refractivity contribution in [1.29, 1.82) is 0 Å². The number of nitrogen functional groups attached to an aromatic ring is 1. The Hall–Kier alpha value is -1.05. The third-order valence-electron chi connectivity index (χ3n) is 2.80. The lowest BCUT2D eigenvalue weighted by Crippen LogP contribution is -2.14. The molecule has 0 aliphatic carbocycles. The zero-order valence-electron chi connectivity index (χ0n) is 10.5. The second kappa shape index (κ2) is 5.75. The van der Waals surface area contributed by atoms with Crippen LogP contribution in [0, 0.1) is 6.92 Å². The lowest BCUT2D eigenvalue weighted by Gasteiger charge is -2.13. The first kappa shape index (κ1) is 15.3. The molecule has 0 spiro atoms. The van der Waals surface area contributed by atoms with Gasteiger partial charge < -0.3 is 5.73 Å². The SMILES string of the molecule is Cc1c(N)cccc1NS(=O)(=O)c1ccc(Br)cc1Br. The van der Waals surface area contributed by atoms with E-state index in [4.69, 9.17) is 5.73 Å². The Kier molecular flexibility index (Phi) is 4.41. The van der Waals surface area contributed by atoms with Crippen LogP contribution in [0.1, 0.15) is 5.56 Å². The molecule has 106 valence electrons. The first-order valence-corrected chi connectivity index (χ1v) is 8.71. The van der Waals surface area contributed by atoms with Gasteiger partial charge in [0, 0.05) is 14.6 Å². The number of sulfonamides is 1. The molecule has 3 N–H and O–H groups in total. The fraction of sp³-hybridized carbons (Fsp3) is 0.0769. The van der Waals surface area contributed by atoms with E-state index in [-0.39, 0.29) is 4.90 Å². The minimum atomic E-state index is -3.67. The van der Waals surface area contributed by atoms with Crippen molar-refractivity contribution in [2.24, 2.45) is 0 Å². The monoisotopic (exact) mass is 418 g/mol. The van der Waals surface area contributed by atoms with Crippen molar-refractivity contribution in [3.63, 3.8) is 0 Å². The van der Waals surface area contributed by atoms with E-state index in [0.29, 0.717) is 21.4 Å². The van der Waals surface area contributed by atoms with Crippen molar-refractivity contribution < 1.29 is 8.42 Å². The summed E-state index contributed by atoms with van der Waals surface area (Å²) in [6.07, 6.45) is 0. The van der Waals surface area contributed by atoms with Crippen LogP contribution in [-0.2, 0) is 10.0 Å².